The number of aliphatic hydroxyl groups is 1. The maximum absolute atomic E-state index is 11.8. The van der Waals surface area contributed by atoms with Crippen LogP contribution in [-0.4, -0.2) is 40.6 Å². The molecule has 0 aromatic carbocycles. The van der Waals surface area contributed by atoms with E-state index in [1.54, 1.807) is 4.90 Å². The third-order valence-corrected chi connectivity index (χ3v) is 3.99. The van der Waals surface area contributed by atoms with E-state index in [0.717, 1.165) is 0 Å². The zero-order chi connectivity index (χ0) is 11.9. The first-order valence-electron chi connectivity index (χ1n) is 6.18. The predicted octanol–water partition coefficient (Wildman–Crippen LogP) is 0.343. The molecule has 1 saturated heterocycles. The Labute approximate surface area is 96.8 Å². The molecule has 0 radical (unpaired) electrons. The zero-order valence-corrected chi connectivity index (χ0v) is 10.1. The van der Waals surface area contributed by atoms with Gasteiger partial charge in [0, 0.05) is 12.5 Å². The third-order valence-electron chi connectivity index (χ3n) is 3.99. The van der Waals surface area contributed by atoms with Crippen LogP contribution in [0.25, 0.3) is 0 Å². The molecule has 1 atom stereocenters. The molecule has 3 N–H and O–H groups in total. The van der Waals surface area contributed by atoms with Crippen molar-refractivity contribution in [3.63, 3.8) is 0 Å². The van der Waals surface area contributed by atoms with Crippen molar-refractivity contribution in [2.24, 2.45) is 17.6 Å². The standard InChI is InChI=1S/C12H22N2O2/c1-8(2)12(16)6-14(7-12)11(15)5-10(13)9-3-4-9/h8-10,16H,3-7,13H2,1-2H3. The predicted molar refractivity (Wildman–Crippen MR) is 61.7 cm³/mol. The molecule has 4 nitrogen and oxygen atoms in total. The number of rotatable bonds is 4. The van der Waals surface area contributed by atoms with E-state index in [4.69, 9.17) is 5.73 Å². The summed E-state index contributed by atoms with van der Waals surface area (Å²) in [5.41, 5.74) is 5.25. The zero-order valence-electron chi connectivity index (χ0n) is 10.1. The second-order valence-corrected chi connectivity index (χ2v) is 5.71. The molecule has 1 saturated carbocycles. The molecule has 16 heavy (non-hydrogen) atoms. The van der Waals surface area contributed by atoms with Crippen molar-refractivity contribution in [2.45, 2.75) is 44.8 Å². The summed E-state index contributed by atoms with van der Waals surface area (Å²) in [4.78, 5) is 13.5. The number of nitrogens with two attached hydrogens (primary N) is 1. The Morgan fingerprint density at radius 2 is 2.06 bits per heavy atom. The van der Waals surface area contributed by atoms with E-state index in [1.807, 2.05) is 13.8 Å². The minimum Gasteiger partial charge on any atom is -0.386 e. The molecule has 1 amide bonds. The van der Waals surface area contributed by atoms with Gasteiger partial charge in [-0.3, -0.25) is 4.79 Å². The first-order chi connectivity index (χ1) is 7.42. The number of hydrogen-bond donors (Lipinski definition) is 2. The van der Waals surface area contributed by atoms with Crippen LogP contribution in [0.4, 0.5) is 0 Å². The smallest absolute Gasteiger partial charge is 0.224 e. The van der Waals surface area contributed by atoms with Crippen LogP contribution in [-0.2, 0) is 4.79 Å². The van der Waals surface area contributed by atoms with Crippen molar-refractivity contribution in [1.29, 1.82) is 0 Å². The molecule has 0 aromatic rings. The second-order valence-electron chi connectivity index (χ2n) is 5.71. The summed E-state index contributed by atoms with van der Waals surface area (Å²) < 4.78 is 0. The highest BCUT2D eigenvalue weighted by Crippen LogP contribution is 2.34. The molecule has 1 aliphatic carbocycles. The fourth-order valence-corrected chi connectivity index (χ4v) is 2.18. The molecule has 2 aliphatic rings. The largest absolute Gasteiger partial charge is 0.386 e. The van der Waals surface area contributed by atoms with Crippen molar-refractivity contribution in [3.8, 4) is 0 Å². The average molecular weight is 226 g/mol. The lowest BCUT2D eigenvalue weighted by Gasteiger charge is -2.49. The van der Waals surface area contributed by atoms with E-state index in [2.05, 4.69) is 0 Å². The van der Waals surface area contributed by atoms with E-state index in [0.29, 0.717) is 25.4 Å². The first kappa shape index (κ1) is 11.9. The van der Waals surface area contributed by atoms with Gasteiger partial charge in [-0.2, -0.15) is 0 Å². The normalized spacial score (nSPS) is 25.4. The molecule has 2 fully saturated rings. The first-order valence-corrected chi connectivity index (χ1v) is 6.18. The van der Waals surface area contributed by atoms with E-state index < -0.39 is 5.60 Å². The van der Waals surface area contributed by atoms with Crippen molar-refractivity contribution < 1.29 is 9.90 Å². The maximum atomic E-state index is 11.8. The monoisotopic (exact) mass is 226 g/mol. The molecule has 2 rings (SSSR count). The summed E-state index contributed by atoms with van der Waals surface area (Å²) in [6, 6.07) is 0.0280. The van der Waals surface area contributed by atoms with Crippen LogP contribution < -0.4 is 5.73 Å². The van der Waals surface area contributed by atoms with Crippen LogP contribution in [0, 0.1) is 11.8 Å². The molecular formula is C12H22N2O2. The minimum absolute atomic E-state index is 0.0280. The van der Waals surface area contributed by atoms with Gasteiger partial charge >= 0.3 is 0 Å². The van der Waals surface area contributed by atoms with Crippen LogP contribution in [0.15, 0.2) is 0 Å². The molecule has 1 aliphatic heterocycles. The second kappa shape index (κ2) is 4.00. The Morgan fingerprint density at radius 1 is 1.50 bits per heavy atom. The van der Waals surface area contributed by atoms with E-state index >= 15 is 0 Å². The van der Waals surface area contributed by atoms with Crippen molar-refractivity contribution >= 4 is 5.91 Å². The fourth-order valence-electron chi connectivity index (χ4n) is 2.18. The summed E-state index contributed by atoms with van der Waals surface area (Å²) in [5.74, 6) is 0.868. The van der Waals surface area contributed by atoms with Crippen LogP contribution in [0.3, 0.4) is 0 Å². The SMILES string of the molecule is CC(C)C1(O)CN(C(=O)CC(N)C2CC2)C1. The van der Waals surface area contributed by atoms with Crippen LogP contribution in [0.1, 0.15) is 33.1 Å². The summed E-state index contributed by atoms with van der Waals surface area (Å²) in [6.07, 6.45) is 2.79. The molecular weight excluding hydrogens is 204 g/mol. The van der Waals surface area contributed by atoms with Crippen LogP contribution >= 0.6 is 0 Å². The molecule has 0 aromatic heterocycles. The van der Waals surface area contributed by atoms with Gasteiger partial charge in [0.2, 0.25) is 5.91 Å². The number of likely N-dealkylation sites (tertiary alicyclic amines) is 1. The third kappa shape index (κ3) is 2.23. The Kier molecular flexibility index (Phi) is 2.97. The lowest BCUT2D eigenvalue weighted by Crippen LogP contribution is -2.66. The lowest BCUT2D eigenvalue weighted by molar-refractivity contribution is -0.164. The summed E-state index contributed by atoms with van der Waals surface area (Å²) in [5, 5.41) is 10.0. The number of amides is 1. The van der Waals surface area contributed by atoms with E-state index in [-0.39, 0.29) is 17.9 Å². The molecule has 1 unspecified atom stereocenters. The van der Waals surface area contributed by atoms with Gasteiger partial charge in [-0.1, -0.05) is 13.8 Å². The van der Waals surface area contributed by atoms with E-state index in [9.17, 15) is 9.90 Å². The Morgan fingerprint density at radius 3 is 2.50 bits per heavy atom. The Balaban J connectivity index is 1.76. The lowest BCUT2D eigenvalue weighted by atomic mass is 9.82. The summed E-state index contributed by atoms with van der Waals surface area (Å²) in [6.45, 7) is 4.91. The highest BCUT2D eigenvalue weighted by Gasteiger charge is 2.46. The molecule has 0 bridgehead atoms. The van der Waals surface area contributed by atoms with Gasteiger partial charge in [0.05, 0.1) is 13.1 Å². The van der Waals surface area contributed by atoms with E-state index in [1.165, 1.54) is 12.8 Å². The fraction of sp³-hybridized carbons (Fsp3) is 0.917. The van der Waals surface area contributed by atoms with Gasteiger partial charge < -0.3 is 15.7 Å². The van der Waals surface area contributed by atoms with Crippen molar-refractivity contribution in [1.82, 2.24) is 4.90 Å². The molecule has 0 spiro atoms. The molecule has 1 heterocycles. The van der Waals surface area contributed by atoms with Gasteiger partial charge in [-0.15, -0.1) is 0 Å². The van der Waals surface area contributed by atoms with Crippen LogP contribution in [0.5, 0.6) is 0 Å². The molecule has 4 heteroatoms. The summed E-state index contributed by atoms with van der Waals surface area (Å²) >= 11 is 0. The van der Waals surface area contributed by atoms with Crippen molar-refractivity contribution in [3.05, 3.63) is 0 Å². The number of carbonyl (C=O) groups is 1. The highest BCUT2D eigenvalue weighted by atomic mass is 16.3. The molecule has 92 valence electrons. The van der Waals surface area contributed by atoms with Gasteiger partial charge in [0.1, 0.15) is 5.60 Å². The van der Waals surface area contributed by atoms with Crippen molar-refractivity contribution in [2.75, 3.05) is 13.1 Å². The van der Waals surface area contributed by atoms with Gasteiger partial charge in [0.15, 0.2) is 0 Å². The quantitative estimate of drug-likeness (QED) is 0.726. The average Bonchev–Trinajstić information content (AvgIpc) is 2.94. The topological polar surface area (TPSA) is 66.6 Å². The van der Waals surface area contributed by atoms with Gasteiger partial charge in [0.25, 0.3) is 0 Å². The van der Waals surface area contributed by atoms with Gasteiger partial charge in [-0.05, 0) is 24.7 Å². The Hall–Kier alpha value is -0.610. The minimum atomic E-state index is -0.667. The maximum Gasteiger partial charge on any atom is 0.224 e. The Bertz CT molecular complexity index is 281. The highest BCUT2D eigenvalue weighted by molar-refractivity contribution is 5.78. The number of nitrogens with zero attached hydrogens (tertiary/aromatic N) is 1. The van der Waals surface area contributed by atoms with Crippen LogP contribution in [0.2, 0.25) is 0 Å². The number of β-amino-alcohol motifs (C(OH)–C–C–N with tert-alkyl or cyclic N) is 1. The number of hydrogen-bond acceptors (Lipinski definition) is 3. The van der Waals surface area contributed by atoms with Gasteiger partial charge in [-0.25, -0.2) is 0 Å². The number of carbonyl (C=O) groups excluding carboxylic acids is 1. The summed E-state index contributed by atoms with van der Waals surface area (Å²) in [7, 11) is 0.